The van der Waals surface area contributed by atoms with Gasteiger partial charge in [0.1, 0.15) is 6.54 Å². The molecule has 1 saturated heterocycles. The molecule has 1 rings (SSSR count). The zero-order chi connectivity index (χ0) is 12.5. The number of aliphatic imine (C=N–C) groups is 1. The molecule has 0 saturated carbocycles. The van der Waals surface area contributed by atoms with E-state index < -0.39 is 0 Å². The van der Waals surface area contributed by atoms with Gasteiger partial charge in [0, 0.05) is 19.6 Å². The van der Waals surface area contributed by atoms with Crippen LogP contribution in [0.25, 0.3) is 0 Å². The maximum absolute atomic E-state index is 11.7. The van der Waals surface area contributed by atoms with Gasteiger partial charge in [0.15, 0.2) is 0 Å². The number of hydrazine groups is 1. The average Bonchev–Trinajstić information content (AvgIpc) is 2.87. The van der Waals surface area contributed by atoms with Gasteiger partial charge in [-0.25, -0.2) is 10.8 Å². The number of nitrogens with two attached hydrogens (primary N) is 1. The lowest BCUT2D eigenvalue weighted by atomic mass is 10.3. The molecule has 0 spiro atoms. The van der Waals surface area contributed by atoms with Gasteiger partial charge in [-0.15, -0.1) is 0 Å². The van der Waals surface area contributed by atoms with Crippen molar-refractivity contribution in [3.63, 3.8) is 0 Å². The molecule has 17 heavy (non-hydrogen) atoms. The first-order chi connectivity index (χ1) is 8.27. The number of rotatable bonds is 5. The number of carbonyl (C=O) groups is 1. The zero-order valence-corrected chi connectivity index (χ0v) is 10.5. The SMILES string of the molecule is CCCCNC(=NCC(=O)N1CCCC1)NN. The fraction of sp³-hybridized carbons (Fsp3) is 0.818. The molecule has 0 bridgehead atoms. The molecule has 1 heterocycles. The first-order valence-corrected chi connectivity index (χ1v) is 6.30. The van der Waals surface area contributed by atoms with Crippen LogP contribution in [0, 0.1) is 0 Å². The maximum Gasteiger partial charge on any atom is 0.244 e. The zero-order valence-electron chi connectivity index (χ0n) is 10.5. The molecule has 0 aliphatic carbocycles. The molecule has 0 radical (unpaired) electrons. The molecule has 1 amide bonds. The summed E-state index contributed by atoms with van der Waals surface area (Å²) in [4.78, 5) is 17.7. The van der Waals surface area contributed by atoms with Gasteiger partial charge in [-0.2, -0.15) is 0 Å². The number of nitrogens with zero attached hydrogens (tertiary/aromatic N) is 2. The summed E-state index contributed by atoms with van der Waals surface area (Å²) >= 11 is 0. The molecule has 1 fully saturated rings. The summed E-state index contributed by atoms with van der Waals surface area (Å²) in [6.07, 6.45) is 4.37. The van der Waals surface area contributed by atoms with E-state index in [2.05, 4.69) is 22.7 Å². The van der Waals surface area contributed by atoms with Crippen LogP contribution in [0.3, 0.4) is 0 Å². The Morgan fingerprint density at radius 2 is 2.12 bits per heavy atom. The number of carbonyl (C=O) groups excluding carboxylic acids is 1. The summed E-state index contributed by atoms with van der Waals surface area (Å²) < 4.78 is 0. The van der Waals surface area contributed by atoms with Gasteiger partial charge in [0.2, 0.25) is 11.9 Å². The maximum atomic E-state index is 11.7. The highest BCUT2D eigenvalue weighted by Gasteiger charge is 2.17. The second kappa shape index (κ2) is 7.89. The van der Waals surface area contributed by atoms with Crippen molar-refractivity contribution in [1.82, 2.24) is 15.6 Å². The van der Waals surface area contributed by atoms with Crippen molar-refractivity contribution in [2.45, 2.75) is 32.6 Å². The molecular formula is C11H23N5O. The predicted octanol–water partition coefficient (Wildman–Crippen LogP) is -0.182. The van der Waals surface area contributed by atoms with E-state index in [4.69, 9.17) is 5.84 Å². The third kappa shape index (κ3) is 5.04. The molecule has 0 atom stereocenters. The van der Waals surface area contributed by atoms with Crippen molar-refractivity contribution in [3.05, 3.63) is 0 Å². The molecule has 0 unspecified atom stereocenters. The summed E-state index contributed by atoms with van der Waals surface area (Å²) in [7, 11) is 0. The molecule has 1 aliphatic heterocycles. The Morgan fingerprint density at radius 1 is 1.41 bits per heavy atom. The van der Waals surface area contributed by atoms with Crippen molar-refractivity contribution < 1.29 is 4.79 Å². The first kappa shape index (κ1) is 13.8. The lowest BCUT2D eigenvalue weighted by molar-refractivity contribution is -0.128. The van der Waals surface area contributed by atoms with Gasteiger partial charge in [-0.1, -0.05) is 13.3 Å². The lowest BCUT2D eigenvalue weighted by Gasteiger charge is -2.14. The largest absolute Gasteiger partial charge is 0.355 e. The van der Waals surface area contributed by atoms with Crippen LogP contribution in [0.15, 0.2) is 4.99 Å². The van der Waals surface area contributed by atoms with Crippen LogP contribution in [-0.4, -0.2) is 42.9 Å². The Morgan fingerprint density at radius 3 is 2.71 bits per heavy atom. The van der Waals surface area contributed by atoms with Crippen LogP contribution in [-0.2, 0) is 4.79 Å². The summed E-state index contributed by atoms with van der Waals surface area (Å²) in [5.41, 5.74) is 2.48. The van der Waals surface area contributed by atoms with Crippen molar-refractivity contribution in [3.8, 4) is 0 Å². The molecule has 4 N–H and O–H groups in total. The van der Waals surface area contributed by atoms with E-state index in [0.717, 1.165) is 45.3 Å². The van der Waals surface area contributed by atoms with E-state index in [1.165, 1.54) is 0 Å². The Bertz CT molecular complexity index is 261. The van der Waals surface area contributed by atoms with Crippen LogP contribution < -0.4 is 16.6 Å². The standard InChI is InChI=1S/C11H23N5O/c1-2-3-6-13-11(15-12)14-9-10(17)16-7-4-5-8-16/h2-9,12H2,1H3,(H2,13,14,15). The van der Waals surface area contributed by atoms with E-state index in [1.807, 2.05) is 4.90 Å². The molecule has 6 heteroatoms. The second-order valence-electron chi connectivity index (χ2n) is 4.18. The van der Waals surface area contributed by atoms with Crippen molar-refractivity contribution >= 4 is 11.9 Å². The van der Waals surface area contributed by atoms with Crippen LogP contribution in [0.4, 0.5) is 0 Å². The van der Waals surface area contributed by atoms with E-state index in [0.29, 0.717) is 5.96 Å². The Balaban J connectivity index is 2.29. The number of unbranched alkanes of at least 4 members (excludes halogenated alkanes) is 1. The van der Waals surface area contributed by atoms with Crippen molar-refractivity contribution in [2.75, 3.05) is 26.2 Å². The van der Waals surface area contributed by atoms with Crippen LogP contribution in [0.2, 0.25) is 0 Å². The van der Waals surface area contributed by atoms with Crippen LogP contribution in [0.1, 0.15) is 32.6 Å². The van der Waals surface area contributed by atoms with E-state index >= 15 is 0 Å². The number of guanidine groups is 1. The summed E-state index contributed by atoms with van der Waals surface area (Å²) in [5.74, 6) is 5.89. The average molecular weight is 241 g/mol. The molecule has 0 aromatic carbocycles. The van der Waals surface area contributed by atoms with Crippen LogP contribution in [0.5, 0.6) is 0 Å². The lowest BCUT2D eigenvalue weighted by Crippen LogP contribution is -2.42. The molecule has 6 nitrogen and oxygen atoms in total. The third-order valence-corrected chi connectivity index (χ3v) is 2.79. The summed E-state index contributed by atoms with van der Waals surface area (Å²) in [5, 5.41) is 3.06. The number of amides is 1. The molecule has 1 aliphatic rings. The minimum atomic E-state index is 0.0764. The highest BCUT2D eigenvalue weighted by atomic mass is 16.2. The first-order valence-electron chi connectivity index (χ1n) is 6.30. The quantitative estimate of drug-likeness (QED) is 0.205. The van der Waals surface area contributed by atoms with Gasteiger partial charge in [0.05, 0.1) is 0 Å². The highest BCUT2D eigenvalue weighted by Crippen LogP contribution is 2.07. The summed E-state index contributed by atoms with van der Waals surface area (Å²) in [6.45, 7) is 4.83. The molecule has 98 valence electrons. The van der Waals surface area contributed by atoms with Gasteiger partial charge in [-0.05, 0) is 19.3 Å². The van der Waals surface area contributed by atoms with Gasteiger partial charge < -0.3 is 10.2 Å². The fourth-order valence-corrected chi connectivity index (χ4v) is 1.75. The fourth-order valence-electron chi connectivity index (χ4n) is 1.75. The topological polar surface area (TPSA) is 82.8 Å². The Kier molecular flexibility index (Phi) is 6.39. The van der Waals surface area contributed by atoms with Crippen molar-refractivity contribution in [2.24, 2.45) is 10.8 Å². The minimum absolute atomic E-state index is 0.0764. The second-order valence-corrected chi connectivity index (χ2v) is 4.18. The van der Waals surface area contributed by atoms with Gasteiger partial charge in [-0.3, -0.25) is 10.2 Å². The Hall–Kier alpha value is -1.30. The number of hydrogen-bond acceptors (Lipinski definition) is 3. The number of nitrogens with one attached hydrogen (secondary N) is 2. The third-order valence-electron chi connectivity index (χ3n) is 2.79. The predicted molar refractivity (Wildman–Crippen MR) is 68.3 cm³/mol. The van der Waals surface area contributed by atoms with E-state index in [-0.39, 0.29) is 12.5 Å². The smallest absolute Gasteiger partial charge is 0.244 e. The van der Waals surface area contributed by atoms with Crippen LogP contribution >= 0.6 is 0 Å². The summed E-state index contributed by atoms with van der Waals surface area (Å²) in [6, 6.07) is 0. The minimum Gasteiger partial charge on any atom is -0.355 e. The molecule has 0 aromatic heterocycles. The van der Waals surface area contributed by atoms with E-state index in [1.54, 1.807) is 0 Å². The Labute approximate surface area is 103 Å². The van der Waals surface area contributed by atoms with Crippen molar-refractivity contribution in [1.29, 1.82) is 0 Å². The van der Waals surface area contributed by atoms with E-state index in [9.17, 15) is 4.79 Å². The normalized spacial score (nSPS) is 16.1. The van der Waals surface area contributed by atoms with Gasteiger partial charge in [0.25, 0.3) is 0 Å². The molecule has 0 aromatic rings. The monoisotopic (exact) mass is 241 g/mol. The number of likely N-dealkylation sites (tertiary alicyclic amines) is 1. The molecular weight excluding hydrogens is 218 g/mol. The number of hydrogen-bond donors (Lipinski definition) is 3. The van der Waals surface area contributed by atoms with Gasteiger partial charge >= 0.3 is 0 Å². The highest BCUT2D eigenvalue weighted by molar-refractivity contribution is 5.84.